The van der Waals surface area contributed by atoms with Gasteiger partial charge in [-0.05, 0) is 30.2 Å². The molecule has 2 aromatic carbocycles. The van der Waals surface area contributed by atoms with Crippen LogP contribution in [0.25, 0.3) is 11.1 Å². The van der Waals surface area contributed by atoms with E-state index < -0.39 is 11.9 Å². The van der Waals surface area contributed by atoms with Gasteiger partial charge in [-0.15, -0.1) is 0 Å². The highest BCUT2D eigenvalue weighted by atomic mass is 16.5. The van der Waals surface area contributed by atoms with Gasteiger partial charge in [0.2, 0.25) is 5.91 Å². The Kier molecular flexibility index (Phi) is 6.26. The number of fused-ring (bicyclic) bond motifs is 1. The topological polar surface area (TPSA) is 102 Å². The van der Waals surface area contributed by atoms with Crippen LogP contribution in [-0.2, 0) is 22.4 Å². The van der Waals surface area contributed by atoms with E-state index in [1.807, 2.05) is 42.5 Å². The van der Waals surface area contributed by atoms with Crippen molar-refractivity contribution in [3.8, 4) is 5.75 Å². The molecule has 1 aromatic heterocycles. The molecule has 0 bridgehead atoms. The number of carboxylic acid groups (broad SMARTS) is 1. The molecular formula is C21H22N2O5. The molecule has 1 heterocycles. The fraction of sp³-hybridized carbons (Fsp3) is 0.286. The molecule has 3 aromatic rings. The van der Waals surface area contributed by atoms with Crippen LogP contribution in [0.4, 0.5) is 0 Å². The van der Waals surface area contributed by atoms with Crippen LogP contribution in [0.5, 0.6) is 5.75 Å². The predicted molar refractivity (Wildman–Crippen MR) is 103 cm³/mol. The van der Waals surface area contributed by atoms with Crippen LogP contribution in [-0.4, -0.2) is 35.6 Å². The van der Waals surface area contributed by atoms with Crippen LogP contribution >= 0.6 is 0 Å². The number of amides is 1. The third-order valence-corrected chi connectivity index (χ3v) is 4.46. The van der Waals surface area contributed by atoms with Gasteiger partial charge in [-0.25, -0.2) is 4.98 Å². The Labute approximate surface area is 162 Å². The van der Waals surface area contributed by atoms with Crippen molar-refractivity contribution >= 4 is 23.0 Å². The minimum absolute atomic E-state index is 0.0414. The van der Waals surface area contributed by atoms with E-state index in [2.05, 4.69) is 10.3 Å². The smallest absolute Gasteiger partial charge is 0.308 e. The largest absolute Gasteiger partial charge is 0.496 e. The number of nitrogens with one attached hydrogen (secondary N) is 1. The molecular weight excluding hydrogens is 360 g/mol. The maximum atomic E-state index is 12.1. The van der Waals surface area contributed by atoms with Crippen molar-refractivity contribution < 1.29 is 23.8 Å². The van der Waals surface area contributed by atoms with E-state index in [-0.39, 0.29) is 25.3 Å². The molecule has 7 heteroatoms. The first kappa shape index (κ1) is 19.4. The molecule has 0 saturated heterocycles. The van der Waals surface area contributed by atoms with E-state index in [0.29, 0.717) is 23.6 Å². The van der Waals surface area contributed by atoms with Gasteiger partial charge in [-0.2, -0.15) is 0 Å². The van der Waals surface area contributed by atoms with Crippen molar-refractivity contribution in [3.05, 3.63) is 60.0 Å². The fourth-order valence-electron chi connectivity index (χ4n) is 2.96. The van der Waals surface area contributed by atoms with Gasteiger partial charge in [-0.3, -0.25) is 9.59 Å². The predicted octanol–water partition coefficient (Wildman–Crippen LogP) is 2.83. The zero-order chi connectivity index (χ0) is 19.9. The van der Waals surface area contributed by atoms with Crippen molar-refractivity contribution in [1.29, 1.82) is 0 Å². The number of benzene rings is 2. The first-order chi connectivity index (χ1) is 13.6. The molecule has 2 N–H and O–H groups in total. The summed E-state index contributed by atoms with van der Waals surface area (Å²) in [6, 6.07) is 14.7. The summed E-state index contributed by atoms with van der Waals surface area (Å²) in [6.07, 6.45) is 0.795. The van der Waals surface area contributed by atoms with Crippen LogP contribution in [0.3, 0.4) is 0 Å². The maximum Gasteiger partial charge on any atom is 0.308 e. The summed E-state index contributed by atoms with van der Waals surface area (Å²) in [7, 11) is 1.54. The van der Waals surface area contributed by atoms with Crippen molar-refractivity contribution in [3.63, 3.8) is 0 Å². The Hall–Kier alpha value is -3.35. The van der Waals surface area contributed by atoms with Crippen molar-refractivity contribution in [2.45, 2.75) is 19.3 Å². The minimum Gasteiger partial charge on any atom is -0.496 e. The second-order valence-corrected chi connectivity index (χ2v) is 6.43. The highest BCUT2D eigenvalue weighted by Crippen LogP contribution is 2.21. The number of carboxylic acids is 1. The molecule has 146 valence electrons. The summed E-state index contributed by atoms with van der Waals surface area (Å²) >= 11 is 0. The normalized spacial score (nSPS) is 11.9. The number of ether oxygens (including phenoxy) is 1. The first-order valence-electron chi connectivity index (χ1n) is 9.02. The van der Waals surface area contributed by atoms with Crippen molar-refractivity contribution in [2.24, 2.45) is 5.92 Å². The zero-order valence-corrected chi connectivity index (χ0v) is 15.6. The van der Waals surface area contributed by atoms with E-state index in [0.717, 1.165) is 11.1 Å². The summed E-state index contributed by atoms with van der Waals surface area (Å²) in [4.78, 5) is 28.0. The van der Waals surface area contributed by atoms with E-state index in [4.69, 9.17) is 9.15 Å². The summed E-state index contributed by atoms with van der Waals surface area (Å²) in [5.41, 5.74) is 2.22. The minimum atomic E-state index is -0.967. The summed E-state index contributed by atoms with van der Waals surface area (Å²) in [5, 5.41) is 12.2. The lowest BCUT2D eigenvalue weighted by molar-refractivity contribution is -0.141. The third-order valence-electron chi connectivity index (χ3n) is 4.46. The quantitative estimate of drug-likeness (QED) is 0.590. The van der Waals surface area contributed by atoms with Crippen LogP contribution in [0, 0.1) is 5.92 Å². The molecule has 1 unspecified atom stereocenters. The van der Waals surface area contributed by atoms with Crippen LogP contribution in [0.1, 0.15) is 17.9 Å². The van der Waals surface area contributed by atoms with Gasteiger partial charge >= 0.3 is 5.97 Å². The number of hydrogen-bond donors (Lipinski definition) is 2. The SMILES string of the molecule is COc1ccccc1CC(CNC(=O)CCc1nc2ccccc2o1)C(=O)O. The number of carbonyl (C=O) groups is 2. The summed E-state index contributed by atoms with van der Waals surface area (Å²) < 4.78 is 10.9. The van der Waals surface area contributed by atoms with Gasteiger partial charge in [0.25, 0.3) is 0 Å². The number of nitrogens with zero attached hydrogens (tertiary/aromatic N) is 1. The number of para-hydroxylation sites is 3. The Morgan fingerprint density at radius 2 is 1.93 bits per heavy atom. The molecule has 0 aliphatic carbocycles. The first-order valence-corrected chi connectivity index (χ1v) is 9.02. The lowest BCUT2D eigenvalue weighted by atomic mass is 9.98. The molecule has 7 nitrogen and oxygen atoms in total. The number of aryl methyl sites for hydroxylation is 1. The van der Waals surface area contributed by atoms with Crippen molar-refractivity contribution in [1.82, 2.24) is 10.3 Å². The molecule has 0 spiro atoms. The molecule has 1 amide bonds. The molecule has 3 rings (SSSR count). The lowest BCUT2D eigenvalue weighted by Crippen LogP contribution is -2.34. The van der Waals surface area contributed by atoms with E-state index in [9.17, 15) is 14.7 Å². The number of hydrogen-bond acceptors (Lipinski definition) is 5. The monoisotopic (exact) mass is 382 g/mol. The Morgan fingerprint density at radius 3 is 2.68 bits per heavy atom. The number of methoxy groups -OCH3 is 1. The van der Waals surface area contributed by atoms with Gasteiger partial charge in [0.1, 0.15) is 11.3 Å². The van der Waals surface area contributed by atoms with E-state index in [1.165, 1.54) is 0 Å². The molecule has 0 aliphatic rings. The number of aliphatic carboxylic acids is 1. The highest BCUT2D eigenvalue weighted by molar-refractivity contribution is 5.78. The standard InChI is InChI=1S/C21H22N2O5/c1-27-17-8-4-2-6-14(17)12-15(21(25)26)13-22-19(24)10-11-20-23-16-7-3-5-9-18(16)28-20/h2-9,15H,10-13H2,1H3,(H,22,24)(H,25,26). The number of carbonyl (C=O) groups excluding carboxylic acids is 1. The number of rotatable bonds is 9. The lowest BCUT2D eigenvalue weighted by Gasteiger charge is -2.15. The number of aromatic nitrogens is 1. The van der Waals surface area contributed by atoms with Gasteiger partial charge in [0, 0.05) is 19.4 Å². The maximum absolute atomic E-state index is 12.1. The average Bonchev–Trinajstić information content (AvgIpc) is 3.12. The summed E-state index contributed by atoms with van der Waals surface area (Å²) in [6.45, 7) is 0.0414. The number of oxazole rings is 1. The van der Waals surface area contributed by atoms with Gasteiger partial charge in [0.15, 0.2) is 11.5 Å². The zero-order valence-electron chi connectivity index (χ0n) is 15.6. The van der Waals surface area contributed by atoms with Gasteiger partial charge < -0.3 is 19.6 Å². The van der Waals surface area contributed by atoms with Crippen molar-refractivity contribution in [2.75, 3.05) is 13.7 Å². The molecule has 1 atom stereocenters. The third kappa shape index (κ3) is 4.88. The van der Waals surface area contributed by atoms with Gasteiger partial charge in [-0.1, -0.05) is 30.3 Å². The molecule has 0 radical (unpaired) electrons. The van der Waals surface area contributed by atoms with E-state index >= 15 is 0 Å². The Morgan fingerprint density at radius 1 is 1.18 bits per heavy atom. The summed E-state index contributed by atoms with van der Waals surface area (Å²) in [5.74, 6) is -0.834. The molecule has 28 heavy (non-hydrogen) atoms. The molecule has 0 aliphatic heterocycles. The average molecular weight is 382 g/mol. The van der Waals surface area contributed by atoms with Crippen LogP contribution in [0.15, 0.2) is 52.9 Å². The molecule has 0 fully saturated rings. The molecule has 0 saturated carbocycles. The highest BCUT2D eigenvalue weighted by Gasteiger charge is 2.21. The van der Waals surface area contributed by atoms with Crippen LogP contribution < -0.4 is 10.1 Å². The Bertz CT molecular complexity index is 933. The Balaban J connectivity index is 1.53. The second kappa shape index (κ2) is 9.03. The fourth-order valence-corrected chi connectivity index (χ4v) is 2.96. The van der Waals surface area contributed by atoms with E-state index in [1.54, 1.807) is 13.2 Å². The second-order valence-electron chi connectivity index (χ2n) is 6.43. The van der Waals surface area contributed by atoms with Gasteiger partial charge in [0.05, 0.1) is 13.0 Å². The van der Waals surface area contributed by atoms with Crippen LogP contribution in [0.2, 0.25) is 0 Å².